The maximum atomic E-state index is 12.3. The number of nitrogens with one attached hydrogen (secondary N) is 1. The highest BCUT2D eigenvalue weighted by molar-refractivity contribution is 5.93. The lowest BCUT2D eigenvalue weighted by Gasteiger charge is -2.31. The van der Waals surface area contributed by atoms with Crippen molar-refractivity contribution in [1.82, 2.24) is 15.3 Å². The Balaban J connectivity index is 1.58. The highest BCUT2D eigenvalue weighted by Gasteiger charge is 2.30. The van der Waals surface area contributed by atoms with Crippen LogP contribution in [-0.4, -0.2) is 58.9 Å². The Labute approximate surface area is 133 Å². The van der Waals surface area contributed by atoms with E-state index in [1.807, 2.05) is 0 Å². The normalized spacial score (nSPS) is 24.2. The lowest BCUT2D eigenvalue weighted by molar-refractivity contribution is -0.147. The molecule has 2 heterocycles. The van der Waals surface area contributed by atoms with Crippen LogP contribution in [-0.2, 0) is 14.3 Å². The molecule has 1 aromatic heterocycles. The molecule has 3 rings (SSSR count). The largest absolute Gasteiger partial charge is 0.480 e. The summed E-state index contributed by atoms with van der Waals surface area (Å²) in [5.41, 5.74) is 0.372. The minimum Gasteiger partial charge on any atom is -0.480 e. The molecule has 0 aromatic carbocycles. The van der Waals surface area contributed by atoms with Gasteiger partial charge in [-0.3, -0.25) is 4.79 Å². The van der Waals surface area contributed by atoms with Gasteiger partial charge in [0.05, 0.1) is 24.3 Å². The van der Waals surface area contributed by atoms with Gasteiger partial charge in [-0.1, -0.05) is 0 Å². The highest BCUT2D eigenvalue weighted by Crippen LogP contribution is 2.37. The van der Waals surface area contributed by atoms with E-state index in [9.17, 15) is 9.59 Å². The summed E-state index contributed by atoms with van der Waals surface area (Å²) in [6, 6.07) is -0.390. The molecule has 8 heteroatoms. The zero-order valence-electron chi connectivity index (χ0n) is 12.6. The van der Waals surface area contributed by atoms with Crippen molar-refractivity contribution >= 4 is 11.9 Å². The average molecular weight is 321 g/mol. The van der Waals surface area contributed by atoms with Crippen molar-refractivity contribution in [1.29, 1.82) is 0 Å². The van der Waals surface area contributed by atoms with Gasteiger partial charge >= 0.3 is 5.97 Å². The maximum Gasteiger partial charge on any atom is 0.329 e. The van der Waals surface area contributed by atoms with E-state index in [-0.39, 0.29) is 18.6 Å². The molecule has 1 aromatic rings. The van der Waals surface area contributed by atoms with E-state index in [1.54, 1.807) is 0 Å². The number of carboxylic acids is 1. The van der Waals surface area contributed by atoms with Crippen molar-refractivity contribution in [3.8, 4) is 0 Å². The summed E-state index contributed by atoms with van der Waals surface area (Å²) >= 11 is 0. The van der Waals surface area contributed by atoms with Crippen molar-refractivity contribution in [2.24, 2.45) is 0 Å². The molecule has 124 valence electrons. The number of nitrogens with zero attached hydrogens (tertiary/aromatic N) is 2. The number of ether oxygens (including phenoxy) is 2. The zero-order chi connectivity index (χ0) is 16.2. The Bertz CT molecular complexity index is 573. The standard InChI is InChI=1S/C15H19N3O5/c19-13(20)8-23-12-3-4-22-7-11(12)18-15(21)10-5-16-14(17-6-10)9-1-2-9/h5-6,9,11-12H,1-4,7-8H2,(H,18,21)(H,19,20)/t11-,12+/m1/s1. The summed E-state index contributed by atoms with van der Waals surface area (Å²) in [5.74, 6) is -0.129. The van der Waals surface area contributed by atoms with Crippen molar-refractivity contribution in [2.45, 2.75) is 37.3 Å². The Morgan fingerprint density at radius 3 is 2.70 bits per heavy atom. The number of aliphatic carboxylic acids is 1. The Hall–Kier alpha value is -2.06. The van der Waals surface area contributed by atoms with Crippen molar-refractivity contribution < 1.29 is 24.2 Å². The number of amides is 1. The molecule has 1 saturated carbocycles. The van der Waals surface area contributed by atoms with Gasteiger partial charge < -0.3 is 19.9 Å². The summed E-state index contributed by atoms with van der Waals surface area (Å²) in [4.78, 5) is 31.3. The third kappa shape index (κ3) is 4.23. The van der Waals surface area contributed by atoms with Gasteiger partial charge in [-0.15, -0.1) is 0 Å². The van der Waals surface area contributed by atoms with E-state index in [4.69, 9.17) is 14.6 Å². The number of carbonyl (C=O) groups is 2. The van der Waals surface area contributed by atoms with Crippen LogP contribution in [0.5, 0.6) is 0 Å². The number of carboxylic acid groups (broad SMARTS) is 1. The number of hydrogen-bond acceptors (Lipinski definition) is 6. The topological polar surface area (TPSA) is 111 Å². The molecular weight excluding hydrogens is 302 g/mol. The van der Waals surface area contributed by atoms with Gasteiger partial charge in [0.25, 0.3) is 5.91 Å². The lowest BCUT2D eigenvalue weighted by atomic mass is 10.1. The highest BCUT2D eigenvalue weighted by atomic mass is 16.5. The van der Waals surface area contributed by atoms with Crippen LogP contribution in [0.25, 0.3) is 0 Å². The SMILES string of the molecule is O=C(O)CO[C@H]1CCOC[C@H]1NC(=O)c1cnc(C2CC2)nc1. The Kier molecular flexibility index (Phi) is 4.82. The molecule has 0 unspecified atom stereocenters. The van der Waals surface area contributed by atoms with Crippen LogP contribution in [0.4, 0.5) is 0 Å². The summed E-state index contributed by atoms with van der Waals surface area (Å²) < 4.78 is 10.7. The van der Waals surface area contributed by atoms with E-state index < -0.39 is 18.6 Å². The molecule has 2 fully saturated rings. The number of hydrogen-bond donors (Lipinski definition) is 2. The van der Waals surface area contributed by atoms with Crippen LogP contribution in [0.15, 0.2) is 12.4 Å². The van der Waals surface area contributed by atoms with Crippen LogP contribution < -0.4 is 5.32 Å². The molecule has 1 saturated heterocycles. The molecule has 2 N–H and O–H groups in total. The van der Waals surface area contributed by atoms with Crippen molar-refractivity contribution in [2.75, 3.05) is 19.8 Å². The third-order valence-electron chi connectivity index (χ3n) is 3.91. The second-order valence-corrected chi connectivity index (χ2v) is 5.79. The first-order valence-corrected chi connectivity index (χ1v) is 7.67. The molecule has 2 aliphatic rings. The fourth-order valence-corrected chi connectivity index (χ4v) is 2.49. The van der Waals surface area contributed by atoms with E-state index in [1.165, 1.54) is 12.4 Å². The maximum absolute atomic E-state index is 12.3. The predicted octanol–water partition coefficient (Wildman–Crippen LogP) is 0.343. The van der Waals surface area contributed by atoms with Crippen LogP contribution in [0, 0.1) is 0 Å². The van der Waals surface area contributed by atoms with E-state index >= 15 is 0 Å². The lowest BCUT2D eigenvalue weighted by Crippen LogP contribution is -2.51. The Morgan fingerprint density at radius 2 is 2.04 bits per heavy atom. The zero-order valence-corrected chi connectivity index (χ0v) is 12.6. The number of carbonyl (C=O) groups excluding carboxylic acids is 1. The summed E-state index contributed by atoms with van der Waals surface area (Å²) in [6.45, 7) is 0.378. The summed E-state index contributed by atoms with van der Waals surface area (Å²) in [6.07, 6.45) is 5.41. The number of aromatic nitrogens is 2. The van der Waals surface area contributed by atoms with Crippen molar-refractivity contribution in [3.05, 3.63) is 23.8 Å². The predicted molar refractivity (Wildman–Crippen MR) is 78.1 cm³/mol. The first-order valence-electron chi connectivity index (χ1n) is 7.67. The van der Waals surface area contributed by atoms with E-state index in [2.05, 4.69) is 15.3 Å². The van der Waals surface area contributed by atoms with Gasteiger partial charge in [0, 0.05) is 24.9 Å². The molecule has 0 bridgehead atoms. The number of rotatable bonds is 6. The van der Waals surface area contributed by atoms with Crippen LogP contribution in [0.1, 0.15) is 41.4 Å². The summed E-state index contributed by atoms with van der Waals surface area (Å²) in [7, 11) is 0. The fraction of sp³-hybridized carbons (Fsp3) is 0.600. The smallest absolute Gasteiger partial charge is 0.329 e. The van der Waals surface area contributed by atoms with Gasteiger partial charge in [-0.2, -0.15) is 0 Å². The molecule has 23 heavy (non-hydrogen) atoms. The molecule has 1 amide bonds. The monoisotopic (exact) mass is 321 g/mol. The van der Waals surface area contributed by atoms with Crippen LogP contribution in [0.2, 0.25) is 0 Å². The average Bonchev–Trinajstić information content (AvgIpc) is 3.39. The molecule has 2 atom stereocenters. The third-order valence-corrected chi connectivity index (χ3v) is 3.91. The Morgan fingerprint density at radius 1 is 1.30 bits per heavy atom. The molecule has 1 aliphatic carbocycles. The first-order chi connectivity index (χ1) is 11.1. The van der Waals surface area contributed by atoms with Crippen LogP contribution in [0.3, 0.4) is 0 Å². The van der Waals surface area contributed by atoms with Crippen LogP contribution >= 0.6 is 0 Å². The molecule has 0 spiro atoms. The van der Waals surface area contributed by atoms with Gasteiger partial charge in [0.15, 0.2) is 0 Å². The van der Waals surface area contributed by atoms with Gasteiger partial charge in [-0.05, 0) is 19.3 Å². The minimum atomic E-state index is -1.04. The fourth-order valence-electron chi connectivity index (χ4n) is 2.49. The summed E-state index contributed by atoms with van der Waals surface area (Å²) in [5, 5.41) is 11.5. The van der Waals surface area contributed by atoms with Crippen molar-refractivity contribution in [3.63, 3.8) is 0 Å². The van der Waals surface area contributed by atoms with Gasteiger partial charge in [-0.25, -0.2) is 14.8 Å². The molecule has 1 aliphatic heterocycles. The molecule has 0 radical (unpaired) electrons. The molecule has 8 nitrogen and oxygen atoms in total. The molecular formula is C15H19N3O5. The minimum absolute atomic E-state index is 0.289. The van der Waals surface area contributed by atoms with E-state index in [0.29, 0.717) is 24.5 Å². The second kappa shape index (κ2) is 7.01. The second-order valence-electron chi connectivity index (χ2n) is 5.79. The quantitative estimate of drug-likeness (QED) is 0.777. The first kappa shape index (κ1) is 15.8. The van der Waals surface area contributed by atoms with Gasteiger partial charge in [0.1, 0.15) is 12.4 Å². The van der Waals surface area contributed by atoms with Gasteiger partial charge in [0.2, 0.25) is 0 Å². The van der Waals surface area contributed by atoms with E-state index in [0.717, 1.165) is 18.7 Å².